The van der Waals surface area contributed by atoms with Gasteiger partial charge in [0.1, 0.15) is 11.8 Å². The maximum atomic E-state index is 13.0. The summed E-state index contributed by atoms with van der Waals surface area (Å²) in [6, 6.07) is 16.9. The fourth-order valence-corrected chi connectivity index (χ4v) is 2.99. The first-order chi connectivity index (χ1) is 13.4. The van der Waals surface area contributed by atoms with Crippen LogP contribution < -0.4 is 10.1 Å². The minimum absolute atomic E-state index is 0.0302. The monoisotopic (exact) mass is 382 g/mol. The number of rotatable bonds is 9. The van der Waals surface area contributed by atoms with Crippen LogP contribution in [0.3, 0.4) is 0 Å². The molecule has 0 aromatic heterocycles. The number of hydrogen-bond donors (Lipinski definition) is 1. The lowest BCUT2D eigenvalue weighted by molar-refractivity contribution is -0.139. The van der Waals surface area contributed by atoms with Crippen LogP contribution in [0.25, 0.3) is 0 Å². The van der Waals surface area contributed by atoms with Gasteiger partial charge in [0, 0.05) is 12.6 Å². The van der Waals surface area contributed by atoms with E-state index in [1.165, 1.54) is 0 Å². The molecule has 0 aliphatic rings. The first kappa shape index (κ1) is 21.5. The number of methoxy groups -OCH3 is 1. The summed E-state index contributed by atoms with van der Waals surface area (Å²) < 4.78 is 5.17. The first-order valence-electron chi connectivity index (χ1n) is 9.67. The molecule has 2 aromatic carbocycles. The van der Waals surface area contributed by atoms with E-state index >= 15 is 0 Å². The van der Waals surface area contributed by atoms with Crippen molar-refractivity contribution in [2.75, 3.05) is 13.7 Å². The summed E-state index contributed by atoms with van der Waals surface area (Å²) in [6.45, 7) is 6.11. The van der Waals surface area contributed by atoms with Crippen LogP contribution in [0.4, 0.5) is 0 Å². The number of amides is 2. The molecule has 2 amide bonds. The highest BCUT2D eigenvalue weighted by Crippen LogP contribution is 2.14. The number of nitrogens with one attached hydrogen (secondary N) is 1. The third kappa shape index (κ3) is 6.41. The van der Waals surface area contributed by atoms with Crippen molar-refractivity contribution in [2.24, 2.45) is 0 Å². The first-order valence-corrected chi connectivity index (χ1v) is 9.67. The summed E-state index contributed by atoms with van der Waals surface area (Å²) in [5.41, 5.74) is 2.04. The number of hydrogen-bond acceptors (Lipinski definition) is 3. The molecule has 1 N–H and O–H groups in total. The summed E-state index contributed by atoms with van der Waals surface area (Å²) in [5.74, 6) is 0.556. The van der Waals surface area contributed by atoms with Crippen LogP contribution in [0.1, 0.15) is 31.9 Å². The van der Waals surface area contributed by atoms with E-state index < -0.39 is 6.04 Å². The van der Waals surface area contributed by atoms with Gasteiger partial charge < -0.3 is 15.0 Å². The molecule has 0 spiro atoms. The zero-order valence-corrected chi connectivity index (χ0v) is 17.1. The highest BCUT2D eigenvalue weighted by molar-refractivity contribution is 5.88. The Balaban J connectivity index is 2.12. The van der Waals surface area contributed by atoms with Crippen molar-refractivity contribution in [3.63, 3.8) is 0 Å². The molecule has 0 heterocycles. The standard InChI is InChI=1S/C23H30N2O3/c1-17(2)24-23(27)18(3)25(15-14-19-8-6-5-7-9-19)22(26)16-20-10-12-21(28-4)13-11-20/h5-13,17-18H,14-16H2,1-4H3,(H,24,27)/t18-/m1/s1. The van der Waals surface area contributed by atoms with Crippen LogP contribution in [-0.4, -0.2) is 42.5 Å². The highest BCUT2D eigenvalue weighted by Gasteiger charge is 2.26. The third-order valence-electron chi connectivity index (χ3n) is 4.60. The lowest BCUT2D eigenvalue weighted by atomic mass is 10.1. The van der Waals surface area contributed by atoms with Crippen molar-refractivity contribution in [2.45, 2.75) is 45.7 Å². The highest BCUT2D eigenvalue weighted by atomic mass is 16.5. The van der Waals surface area contributed by atoms with Gasteiger partial charge in [-0.05, 0) is 50.5 Å². The van der Waals surface area contributed by atoms with Gasteiger partial charge in [-0.25, -0.2) is 0 Å². The molecule has 0 bridgehead atoms. The fraction of sp³-hybridized carbons (Fsp3) is 0.391. The summed E-state index contributed by atoms with van der Waals surface area (Å²) in [5, 5.41) is 2.91. The van der Waals surface area contributed by atoms with Crippen molar-refractivity contribution in [3.8, 4) is 5.75 Å². The van der Waals surface area contributed by atoms with Gasteiger partial charge in [-0.15, -0.1) is 0 Å². The maximum Gasteiger partial charge on any atom is 0.242 e. The lowest BCUT2D eigenvalue weighted by Crippen LogP contribution is -2.50. The SMILES string of the molecule is COc1ccc(CC(=O)N(CCc2ccccc2)[C@H](C)C(=O)NC(C)C)cc1. The van der Waals surface area contributed by atoms with Crippen LogP contribution in [0.2, 0.25) is 0 Å². The molecular formula is C23H30N2O3. The molecule has 2 aromatic rings. The van der Waals surface area contributed by atoms with Gasteiger partial charge in [-0.1, -0.05) is 42.5 Å². The van der Waals surface area contributed by atoms with E-state index in [-0.39, 0.29) is 24.3 Å². The molecule has 5 heteroatoms. The molecular weight excluding hydrogens is 352 g/mol. The Morgan fingerprint density at radius 1 is 0.964 bits per heavy atom. The molecule has 150 valence electrons. The Morgan fingerprint density at radius 3 is 2.18 bits per heavy atom. The quantitative estimate of drug-likeness (QED) is 0.724. The van der Waals surface area contributed by atoms with E-state index in [0.29, 0.717) is 13.0 Å². The van der Waals surface area contributed by atoms with Crippen molar-refractivity contribution >= 4 is 11.8 Å². The van der Waals surface area contributed by atoms with Crippen LogP contribution in [-0.2, 0) is 22.4 Å². The topological polar surface area (TPSA) is 58.6 Å². The number of carbonyl (C=O) groups excluding carboxylic acids is 2. The van der Waals surface area contributed by atoms with E-state index in [1.54, 1.807) is 18.9 Å². The minimum Gasteiger partial charge on any atom is -0.497 e. The molecule has 0 saturated carbocycles. The molecule has 28 heavy (non-hydrogen) atoms. The Labute approximate surface area is 167 Å². The molecule has 1 atom stereocenters. The van der Waals surface area contributed by atoms with Crippen LogP contribution in [0.5, 0.6) is 5.75 Å². The Bertz CT molecular complexity index is 757. The van der Waals surface area contributed by atoms with Crippen molar-refractivity contribution < 1.29 is 14.3 Å². The van der Waals surface area contributed by atoms with Gasteiger partial charge in [0.15, 0.2) is 0 Å². The van der Waals surface area contributed by atoms with E-state index in [9.17, 15) is 9.59 Å². The molecule has 0 fully saturated rings. The zero-order chi connectivity index (χ0) is 20.5. The number of benzene rings is 2. The Kier molecular flexibility index (Phi) is 8.05. The second-order valence-corrected chi connectivity index (χ2v) is 7.19. The smallest absolute Gasteiger partial charge is 0.242 e. The predicted octanol–water partition coefficient (Wildman–Crippen LogP) is 3.22. The van der Waals surface area contributed by atoms with E-state index in [0.717, 1.165) is 16.9 Å². The Hall–Kier alpha value is -2.82. The van der Waals surface area contributed by atoms with Gasteiger partial charge in [0.05, 0.1) is 13.5 Å². The van der Waals surface area contributed by atoms with Gasteiger partial charge in [0.25, 0.3) is 0 Å². The molecule has 0 radical (unpaired) electrons. The molecule has 0 aliphatic carbocycles. The second kappa shape index (κ2) is 10.5. The third-order valence-corrected chi connectivity index (χ3v) is 4.60. The second-order valence-electron chi connectivity index (χ2n) is 7.19. The number of carbonyl (C=O) groups is 2. The molecule has 0 unspecified atom stereocenters. The average Bonchev–Trinajstić information content (AvgIpc) is 2.68. The molecule has 5 nitrogen and oxygen atoms in total. The molecule has 2 rings (SSSR count). The fourth-order valence-electron chi connectivity index (χ4n) is 2.99. The number of nitrogens with zero attached hydrogens (tertiary/aromatic N) is 1. The normalized spacial score (nSPS) is 11.8. The van der Waals surface area contributed by atoms with Crippen molar-refractivity contribution in [1.82, 2.24) is 10.2 Å². The minimum atomic E-state index is -0.531. The van der Waals surface area contributed by atoms with Crippen molar-refractivity contribution in [1.29, 1.82) is 0 Å². The summed E-state index contributed by atoms with van der Waals surface area (Å²) in [4.78, 5) is 27.2. The van der Waals surface area contributed by atoms with Crippen molar-refractivity contribution in [3.05, 3.63) is 65.7 Å². The summed E-state index contributed by atoms with van der Waals surface area (Å²) >= 11 is 0. The van der Waals surface area contributed by atoms with E-state index in [2.05, 4.69) is 5.32 Å². The van der Waals surface area contributed by atoms with E-state index in [1.807, 2.05) is 68.4 Å². The number of ether oxygens (including phenoxy) is 1. The predicted molar refractivity (Wildman–Crippen MR) is 111 cm³/mol. The van der Waals surface area contributed by atoms with Crippen LogP contribution >= 0.6 is 0 Å². The van der Waals surface area contributed by atoms with Crippen LogP contribution in [0.15, 0.2) is 54.6 Å². The van der Waals surface area contributed by atoms with Crippen LogP contribution in [0, 0.1) is 0 Å². The van der Waals surface area contributed by atoms with Gasteiger partial charge in [0.2, 0.25) is 11.8 Å². The van der Waals surface area contributed by atoms with Gasteiger partial charge >= 0.3 is 0 Å². The maximum absolute atomic E-state index is 13.0. The zero-order valence-electron chi connectivity index (χ0n) is 17.1. The van der Waals surface area contributed by atoms with Gasteiger partial charge in [-0.2, -0.15) is 0 Å². The van der Waals surface area contributed by atoms with E-state index in [4.69, 9.17) is 4.74 Å². The summed E-state index contributed by atoms with van der Waals surface area (Å²) in [7, 11) is 1.61. The summed E-state index contributed by atoms with van der Waals surface area (Å²) in [6.07, 6.45) is 0.951. The molecule has 0 saturated heterocycles. The Morgan fingerprint density at radius 2 is 1.61 bits per heavy atom. The average molecular weight is 383 g/mol. The molecule has 0 aliphatic heterocycles. The lowest BCUT2D eigenvalue weighted by Gasteiger charge is -2.29. The largest absolute Gasteiger partial charge is 0.497 e. The van der Waals surface area contributed by atoms with Gasteiger partial charge in [-0.3, -0.25) is 9.59 Å².